The third kappa shape index (κ3) is 55.5. The van der Waals surface area contributed by atoms with Crippen LogP contribution in [0.15, 0.2) is 24.3 Å². The lowest BCUT2D eigenvalue weighted by Crippen LogP contribution is -2.45. The van der Waals surface area contributed by atoms with Gasteiger partial charge < -0.3 is 20.3 Å². The van der Waals surface area contributed by atoms with Gasteiger partial charge in [-0.1, -0.05) is 295 Å². The Bertz CT molecular complexity index is 1080. The van der Waals surface area contributed by atoms with Crippen LogP contribution in [0.2, 0.25) is 0 Å². The van der Waals surface area contributed by atoms with Gasteiger partial charge in [-0.2, -0.15) is 0 Å². The van der Waals surface area contributed by atoms with E-state index in [4.69, 9.17) is 4.74 Å². The summed E-state index contributed by atoms with van der Waals surface area (Å²) in [5, 5.41) is 23.3. The van der Waals surface area contributed by atoms with Gasteiger partial charge in [-0.05, 0) is 57.8 Å². The number of nitrogens with one attached hydrogen (secondary N) is 1. The summed E-state index contributed by atoms with van der Waals surface area (Å²) in [5.74, 6) is -0.0515. The number of hydrogen-bond acceptors (Lipinski definition) is 5. The van der Waals surface area contributed by atoms with Crippen LogP contribution in [-0.4, -0.2) is 47.4 Å². The van der Waals surface area contributed by atoms with Gasteiger partial charge in [0.05, 0.1) is 25.4 Å². The maximum atomic E-state index is 12.5. The molecule has 6 nitrogen and oxygen atoms in total. The molecule has 0 saturated heterocycles. The summed E-state index contributed by atoms with van der Waals surface area (Å²) in [6.07, 6.45) is 71.8. The van der Waals surface area contributed by atoms with E-state index in [0.717, 1.165) is 70.6 Å². The van der Waals surface area contributed by atoms with Crippen molar-refractivity contribution in [1.82, 2.24) is 5.32 Å². The molecule has 3 N–H and O–H groups in total. The van der Waals surface area contributed by atoms with Gasteiger partial charge in [-0.3, -0.25) is 9.59 Å². The highest BCUT2D eigenvalue weighted by atomic mass is 16.5. The van der Waals surface area contributed by atoms with Gasteiger partial charge in [0.2, 0.25) is 5.91 Å². The van der Waals surface area contributed by atoms with E-state index >= 15 is 0 Å². The number of esters is 1. The third-order valence-electron chi connectivity index (χ3n) is 14.5. The Labute approximate surface area is 431 Å². The fourth-order valence-corrected chi connectivity index (χ4v) is 9.75. The smallest absolute Gasteiger partial charge is 0.305 e. The van der Waals surface area contributed by atoms with Gasteiger partial charge in [-0.25, -0.2) is 0 Å². The molecule has 0 bridgehead atoms. The quantitative estimate of drug-likeness (QED) is 0.0321. The average molecular weight is 973 g/mol. The predicted molar refractivity (Wildman–Crippen MR) is 301 cm³/mol. The molecule has 0 fully saturated rings. The highest BCUT2D eigenvalue weighted by Crippen LogP contribution is 2.18. The molecule has 0 aliphatic carbocycles. The number of aliphatic hydroxyl groups is 2. The number of allylic oxidation sites excluding steroid dienone is 4. The number of carbonyl (C=O) groups excluding carboxylic acids is 2. The molecule has 2 atom stereocenters. The van der Waals surface area contributed by atoms with Crippen molar-refractivity contribution in [2.45, 2.75) is 353 Å². The summed E-state index contributed by atoms with van der Waals surface area (Å²) in [5.41, 5.74) is 0. The van der Waals surface area contributed by atoms with E-state index in [1.54, 1.807) is 0 Å². The molecule has 0 aromatic heterocycles. The lowest BCUT2D eigenvalue weighted by atomic mass is 10.0. The first kappa shape index (κ1) is 67.3. The van der Waals surface area contributed by atoms with Crippen molar-refractivity contribution >= 4 is 11.9 Å². The van der Waals surface area contributed by atoms with E-state index in [0.29, 0.717) is 25.9 Å². The van der Waals surface area contributed by atoms with Gasteiger partial charge in [0.15, 0.2) is 0 Å². The van der Waals surface area contributed by atoms with Gasteiger partial charge >= 0.3 is 5.97 Å². The second-order valence-electron chi connectivity index (χ2n) is 21.4. The molecule has 0 rings (SSSR count). The maximum Gasteiger partial charge on any atom is 0.305 e. The van der Waals surface area contributed by atoms with Crippen molar-refractivity contribution in [1.29, 1.82) is 0 Å². The first-order chi connectivity index (χ1) is 34.0. The van der Waals surface area contributed by atoms with E-state index in [9.17, 15) is 19.8 Å². The Morgan fingerprint density at radius 1 is 0.406 bits per heavy atom. The van der Waals surface area contributed by atoms with Crippen molar-refractivity contribution in [3.63, 3.8) is 0 Å². The van der Waals surface area contributed by atoms with Crippen LogP contribution in [0, 0.1) is 0 Å². The zero-order chi connectivity index (χ0) is 50.0. The second kappa shape index (κ2) is 58.9. The molecule has 408 valence electrons. The molecule has 0 heterocycles. The van der Waals surface area contributed by atoms with E-state index in [1.807, 2.05) is 0 Å². The van der Waals surface area contributed by atoms with Crippen LogP contribution in [0.25, 0.3) is 0 Å². The molecule has 0 radical (unpaired) electrons. The number of rotatable bonds is 58. The van der Waals surface area contributed by atoms with Crippen molar-refractivity contribution in [2.24, 2.45) is 0 Å². The largest absolute Gasteiger partial charge is 0.466 e. The number of ether oxygens (including phenoxy) is 1. The molecule has 0 aliphatic heterocycles. The van der Waals surface area contributed by atoms with Crippen molar-refractivity contribution in [3.8, 4) is 0 Å². The molecule has 0 aliphatic rings. The topological polar surface area (TPSA) is 95.9 Å². The molecular formula is C63H121NO5. The van der Waals surface area contributed by atoms with Crippen LogP contribution in [0.5, 0.6) is 0 Å². The molecule has 0 saturated carbocycles. The number of carbonyl (C=O) groups is 2. The Kier molecular flexibility index (Phi) is 57.5. The minimum absolute atomic E-state index is 0.00887. The minimum Gasteiger partial charge on any atom is -0.466 e. The monoisotopic (exact) mass is 972 g/mol. The lowest BCUT2D eigenvalue weighted by Gasteiger charge is -2.22. The lowest BCUT2D eigenvalue weighted by molar-refractivity contribution is -0.143. The molecule has 0 aromatic rings. The third-order valence-corrected chi connectivity index (χ3v) is 14.5. The summed E-state index contributed by atoms with van der Waals surface area (Å²) in [4.78, 5) is 24.6. The zero-order valence-electron chi connectivity index (χ0n) is 46.6. The highest BCUT2D eigenvalue weighted by molar-refractivity contribution is 5.76. The normalized spacial score (nSPS) is 12.7. The molecule has 2 unspecified atom stereocenters. The molecule has 6 heteroatoms. The Hall–Kier alpha value is -1.66. The van der Waals surface area contributed by atoms with Crippen molar-refractivity contribution in [2.75, 3.05) is 13.2 Å². The van der Waals surface area contributed by atoms with E-state index < -0.39 is 12.1 Å². The molecule has 0 spiro atoms. The standard InChI is InChI=1S/C63H121NO5/c1-3-5-7-9-11-13-15-17-19-24-29-33-37-41-45-49-53-57-63(68)69-58-54-50-46-42-38-34-30-26-23-21-22-25-28-32-36-40-44-48-52-56-62(67)64-60(59-65)61(66)55-51-47-43-39-35-31-27-20-18-16-14-12-10-8-6-4-2/h26,30,34,38,60-61,65-66H,3-25,27-29,31-33,35-37,39-59H2,1-2H3,(H,64,67)/b30-26-,38-34-. The van der Waals surface area contributed by atoms with E-state index in [-0.39, 0.29) is 18.5 Å². The number of amides is 1. The summed E-state index contributed by atoms with van der Waals surface area (Å²) >= 11 is 0. The average Bonchev–Trinajstić information content (AvgIpc) is 3.35. The number of hydrogen-bond donors (Lipinski definition) is 3. The maximum absolute atomic E-state index is 12.5. The molecule has 0 aromatic carbocycles. The van der Waals surface area contributed by atoms with Crippen LogP contribution < -0.4 is 5.32 Å². The summed E-state index contributed by atoms with van der Waals surface area (Å²) in [6.45, 7) is 4.94. The predicted octanol–water partition coefficient (Wildman–Crippen LogP) is 19.4. The van der Waals surface area contributed by atoms with E-state index in [2.05, 4.69) is 43.5 Å². The van der Waals surface area contributed by atoms with Crippen LogP contribution in [0.3, 0.4) is 0 Å². The van der Waals surface area contributed by atoms with Gasteiger partial charge in [0.25, 0.3) is 0 Å². The number of unbranched alkanes of at least 4 members (excludes halogenated alkanes) is 44. The molecule has 1 amide bonds. The van der Waals surface area contributed by atoms with Gasteiger partial charge in [0, 0.05) is 12.8 Å². The Morgan fingerprint density at radius 2 is 0.710 bits per heavy atom. The van der Waals surface area contributed by atoms with Crippen LogP contribution in [0.1, 0.15) is 341 Å². The van der Waals surface area contributed by atoms with Crippen LogP contribution in [-0.2, 0) is 14.3 Å². The SMILES string of the molecule is CCCCCCCCCCCCCCCCCCCC(=O)OCCCCC/C=C\C=C/CCCCCCCCCCCCC(=O)NC(CO)C(O)CCCCCCCCCCCCCCCCCC. The first-order valence-corrected chi connectivity index (χ1v) is 31.1. The fraction of sp³-hybridized carbons (Fsp3) is 0.905. The van der Waals surface area contributed by atoms with E-state index in [1.165, 1.54) is 238 Å². The van der Waals surface area contributed by atoms with Gasteiger partial charge in [0.1, 0.15) is 0 Å². The fourth-order valence-electron chi connectivity index (χ4n) is 9.75. The second-order valence-corrected chi connectivity index (χ2v) is 21.4. The van der Waals surface area contributed by atoms with Crippen LogP contribution >= 0.6 is 0 Å². The molecule has 69 heavy (non-hydrogen) atoms. The van der Waals surface area contributed by atoms with Gasteiger partial charge in [-0.15, -0.1) is 0 Å². The summed E-state index contributed by atoms with van der Waals surface area (Å²) < 4.78 is 5.47. The molecular weight excluding hydrogens is 851 g/mol. The summed E-state index contributed by atoms with van der Waals surface area (Å²) in [6, 6.07) is -0.549. The Balaban J connectivity index is 3.45. The Morgan fingerprint density at radius 3 is 1.07 bits per heavy atom. The van der Waals surface area contributed by atoms with Crippen molar-refractivity contribution in [3.05, 3.63) is 24.3 Å². The first-order valence-electron chi connectivity index (χ1n) is 31.1. The number of aliphatic hydroxyl groups excluding tert-OH is 2. The van der Waals surface area contributed by atoms with Crippen molar-refractivity contribution < 1.29 is 24.5 Å². The highest BCUT2D eigenvalue weighted by Gasteiger charge is 2.20. The van der Waals surface area contributed by atoms with Crippen LogP contribution in [0.4, 0.5) is 0 Å². The summed E-state index contributed by atoms with van der Waals surface area (Å²) in [7, 11) is 0. The zero-order valence-corrected chi connectivity index (χ0v) is 46.6. The minimum atomic E-state index is -0.671.